The number of aromatic nitrogens is 7. The fourth-order valence-corrected chi connectivity index (χ4v) is 5.81. The van der Waals surface area contributed by atoms with Crippen molar-refractivity contribution >= 4 is 28.6 Å². The van der Waals surface area contributed by atoms with Crippen LogP contribution in [-0.2, 0) is 7.05 Å². The van der Waals surface area contributed by atoms with Crippen molar-refractivity contribution in [1.29, 1.82) is 0 Å². The van der Waals surface area contributed by atoms with Crippen LogP contribution in [0, 0.1) is 0 Å². The summed E-state index contributed by atoms with van der Waals surface area (Å²) >= 11 is 0.731. The first-order valence-electron chi connectivity index (χ1n) is 11.9. The van der Waals surface area contributed by atoms with Gasteiger partial charge in [-0.2, -0.15) is 5.10 Å². The van der Waals surface area contributed by atoms with E-state index in [4.69, 9.17) is 0 Å². The van der Waals surface area contributed by atoms with E-state index < -0.39 is 12.3 Å². The van der Waals surface area contributed by atoms with Crippen LogP contribution in [0.2, 0.25) is 0 Å². The van der Waals surface area contributed by atoms with Crippen molar-refractivity contribution in [2.45, 2.75) is 50.4 Å². The van der Waals surface area contributed by atoms with Crippen LogP contribution in [0.15, 0.2) is 43.1 Å². The lowest BCUT2D eigenvalue weighted by atomic mass is 9.89. The Kier molecular flexibility index (Phi) is 6.02. The number of nitrogens with zero attached hydrogens (tertiary/aromatic N) is 8. The molecular formula is C23H24F2N10OS. The van der Waals surface area contributed by atoms with Gasteiger partial charge in [0.25, 0.3) is 12.3 Å². The molecule has 5 heterocycles. The maximum Gasteiger partial charge on any atom is 0.280 e. The fraction of sp³-hybridized carbons (Fsp3) is 0.391. The highest BCUT2D eigenvalue weighted by Crippen LogP contribution is 2.45. The molecule has 37 heavy (non-hydrogen) atoms. The van der Waals surface area contributed by atoms with Crippen molar-refractivity contribution in [1.82, 2.24) is 40.1 Å². The zero-order valence-corrected chi connectivity index (χ0v) is 20.6. The number of alkyl halides is 2. The number of thiazole rings is 1. The van der Waals surface area contributed by atoms with Gasteiger partial charge in [0.1, 0.15) is 6.17 Å². The summed E-state index contributed by atoms with van der Waals surface area (Å²) in [6.07, 6.45) is 8.48. The first-order valence-corrected chi connectivity index (χ1v) is 12.7. The number of aryl methyl sites for hydroxylation is 1. The predicted octanol–water partition coefficient (Wildman–Crippen LogP) is 3.46. The Labute approximate surface area is 214 Å². The van der Waals surface area contributed by atoms with Crippen molar-refractivity contribution in [3.8, 4) is 5.82 Å². The van der Waals surface area contributed by atoms with Gasteiger partial charge in [-0.1, -0.05) is 5.21 Å². The highest BCUT2D eigenvalue weighted by Gasteiger charge is 2.39. The van der Waals surface area contributed by atoms with E-state index in [2.05, 4.69) is 40.9 Å². The summed E-state index contributed by atoms with van der Waals surface area (Å²) in [5.74, 6) is 0.233. The van der Waals surface area contributed by atoms with Crippen LogP contribution in [0.25, 0.3) is 5.82 Å². The molecule has 3 unspecified atom stereocenters. The molecule has 1 aliphatic heterocycles. The minimum Gasteiger partial charge on any atom is -0.357 e. The summed E-state index contributed by atoms with van der Waals surface area (Å²) in [6, 6.07) is 3.94. The quantitative estimate of drug-likeness (QED) is 0.392. The van der Waals surface area contributed by atoms with E-state index in [0.717, 1.165) is 53.9 Å². The highest BCUT2D eigenvalue weighted by molar-refractivity contribution is 7.13. The smallest absolute Gasteiger partial charge is 0.280 e. The number of nitrogens with one attached hydrogen (secondary N) is 2. The highest BCUT2D eigenvalue weighted by atomic mass is 32.1. The van der Waals surface area contributed by atoms with Gasteiger partial charge >= 0.3 is 0 Å². The fourth-order valence-electron chi connectivity index (χ4n) is 5.13. The molecule has 3 atom stereocenters. The third-order valence-electron chi connectivity index (χ3n) is 6.82. The summed E-state index contributed by atoms with van der Waals surface area (Å²) in [5.41, 5.74) is 2.86. The van der Waals surface area contributed by atoms with Crippen LogP contribution in [0.4, 0.5) is 20.2 Å². The number of carbonyl (C=O) groups is 1. The summed E-state index contributed by atoms with van der Waals surface area (Å²) in [4.78, 5) is 23.3. The number of rotatable bonds is 6. The van der Waals surface area contributed by atoms with Gasteiger partial charge in [-0.15, -0.1) is 16.4 Å². The van der Waals surface area contributed by atoms with Crippen LogP contribution in [0.1, 0.15) is 58.6 Å². The van der Waals surface area contributed by atoms with E-state index in [1.54, 1.807) is 29.5 Å². The summed E-state index contributed by atoms with van der Waals surface area (Å²) in [5, 5.41) is 19.0. The summed E-state index contributed by atoms with van der Waals surface area (Å²) < 4.78 is 29.4. The monoisotopic (exact) mass is 526 g/mol. The summed E-state index contributed by atoms with van der Waals surface area (Å²) in [7, 11) is 1.91. The van der Waals surface area contributed by atoms with Crippen LogP contribution < -0.4 is 15.5 Å². The molecule has 1 saturated carbocycles. The standard InChI is InChI=1S/C23H24F2N10OS/c1-33-16(5-6-29-33)21-31-15-11-26-19(34-8-7-28-32-34)10-17(15)35(21)14-4-2-3-13(9-14)30-22(36)23-27-12-18(37-23)20(24)25/h5-8,10-14,20-21,31H,2-4,9H2,1H3,(H,30,36). The molecule has 1 fully saturated rings. The van der Waals surface area contributed by atoms with Crippen molar-refractivity contribution in [2.75, 3.05) is 10.2 Å². The lowest BCUT2D eigenvalue weighted by Gasteiger charge is -2.40. The number of carbonyl (C=O) groups excluding carboxylic acids is 1. The van der Waals surface area contributed by atoms with Gasteiger partial charge in [0, 0.05) is 37.6 Å². The van der Waals surface area contributed by atoms with E-state index in [1.807, 2.05) is 23.9 Å². The topological polar surface area (TPSA) is 119 Å². The maximum atomic E-state index is 13.0. The second-order valence-corrected chi connectivity index (χ2v) is 10.2. The lowest BCUT2D eigenvalue weighted by Crippen LogP contribution is -2.47. The van der Waals surface area contributed by atoms with E-state index in [9.17, 15) is 13.6 Å². The molecule has 1 aliphatic carbocycles. The van der Waals surface area contributed by atoms with E-state index >= 15 is 0 Å². The Morgan fingerprint density at radius 1 is 1.24 bits per heavy atom. The Hall–Kier alpha value is -3.94. The molecule has 2 N–H and O–H groups in total. The van der Waals surface area contributed by atoms with Gasteiger partial charge in [0.2, 0.25) is 0 Å². The molecule has 4 aromatic rings. The molecule has 6 rings (SSSR count). The molecular weight excluding hydrogens is 502 g/mol. The van der Waals surface area contributed by atoms with E-state index in [1.165, 1.54) is 0 Å². The van der Waals surface area contributed by atoms with Crippen molar-refractivity contribution in [3.63, 3.8) is 0 Å². The van der Waals surface area contributed by atoms with E-state index in [-0.39, 0.29) is 28.1 Å². The number of pyridine rings is 1. The van der Waals surface area contributed by atoms with Crippen LogP contribution >= 0.6 is 11.3 Å². The minimum atomic E-state index is -2.64. The molecule has 0 spiro atoms. The molecule has 14 heteroatoms. The van der Waals surface area contributed by atoms with Crippen molar-refractivity contribution < 1.29 is 13.6 Å². The molecule has 1 amide bonds. The molecule has 4 aromatic heterocycles. The third kappa shape index (κ3) is 4.41. The average molecular weight is 527 g/mol. The first-order chi connectivity index (χ1) is 18.0. The zero-order valence-electron chi connectivity index (χ0n) is 19.8. The van der Waals surface area contributed by atoms with Gasteiger partial charge in [0.05, 0.1) is 40.5 Å². The first kappa shape index (κ1) is 23.5. The SMILES string of the molecule is Cn1nccc1C1Nc2cnc(-n3ccnn3)cc2N1C1CCCC(NC(=O)c2ncc(C(F)F)s2)C1. The van der Waals surface area contributed by atoms with E-state index in [0.29, 0.717) is 12.2 Å². The number of hydrogen-bond acceptors (Lipinski definition) is 9. The van der Waals surface area contributed by atoms with Crippen molar-refractivity contribution in [2.24, 2.45) is 7.05 Å². The van der Waals surface area contributed by atoms with Gasteiger partial charge in [0.15, 0.2) is 10.8 Å². The Balaban J connectivity index is 1.28. The number of halogens is 2. The Bertz CT molecular complexity index is 1400. The van der Waals surface area contributed by atoms with Gasteiger partial charge in [-0.05, 0) is 31.7 Å². The van der Waals surface area contributed by atoms with Crippen LogP contribution in [0.3, 0.4) is 0 Å². The van der Waals surface area contributed by atoms with Gasteiger partial charge in [-0.3, -0.25) is 9.48 Å². The summed E-state index contributed by atoms with van der Waals surface area (Å²) in [6.45, 7) is 0. The number of anilines is 2. The number of hydrogen-bond donors (Lipinski definition) is 2. The number of amides is 1. The number of fused-ring (bicyclic) bond motifs is 1. The molecule has 11 nitrogen and oxygen atoms in total. The van der Waals surface area contributed by atoms with Crippen LogP contribution in [-0.4, -0.2) is 52.7 Å². The predicted molar refractivity (Wildman–Crippen MR) is 132 cm³/mol. The molecule has 0 aromatic carbocycles. The molecule has 2 aliphatic rings. The van der Waals surface area contributed by atoms with Crippen LogP contribution in [0.5, 0.6) is 0 Å². The molecule has 0 saturated heterocycles. The Morgan fingerprint density at radius 2 is 2.14 bits per heavy atom. The normalized spacial score (nSPS) is 21.2. The minimum absolute atomic E-state index is 0.0573. The molecule has 192 valence electrons. The van der Waals surface area contributed by atoms with Gasteiger partial charge in [-0.25, -0.2) is 23.4 Å². The second kappa shape index (κ2) is 9.50. The second-order valence-electron chi connectivity index (χ2n) is 9.10. The lowest BCUT2D eigenvalue weighted by molar-refractivity contribution is 0.0924. The maximum absolute atomic E-state index is 13.0. The molecule has 0 bridgehead atoms. The zero-order chi connectivity index (χ0) is 25.5. The third-order valence-corrected chi connectivity index (χ3v) is 7.82. The Morgan fingerprint density at radius 3 is 2.86 bits per heavy atom. The molecule has 0 radical (unpaired) electrons. The van der Waals surface area contributed by atoms with Crippen molar-refractivity contribution in [3.05, 3.63) is 58.7 Å². The van der Waals surface area contributed by atoms with Gasteiger partial charge < -0.3 is 15.5 Å². The average Bonchev–Trinajstić information content (AvgIpc) is 3.70. The largest absolute Gasteiger partial charge is 0.357 e.